The van der Waals surface area contributed by atoms with Crippen molar-refractivity contribution in [3.63, 3.8) is 0 Å². The Bertz CT molecular complexity index is 590. The Labute approximate surface area is 132 Å². The summed E-state index contributed by atoms with van der Waals surface area (Å²) in [5.74, 6) is 0.950. The number of nitrogens with one attached hydrogen (secondary N) is 1. The molecule has 0 aliphatic carbocycles. The lowest BCUT2D eigenvalue weighted by Gasteiger charge is -2.22. The lowest BCUT2D eigenvalue weighted by Crippen LogP contribution is -2.16. The summed E-state index contributed by atoms with van der Waals surface area (Å²) in [4.78, 5) is 0. The van der Waals surface area contributed by atoms with E-state index in [4.69, 9.17) is 16.3 Å². The van der Waals surface area contributed by atoms with E-state index in [-0.39, 0.29) is 5.41 Å². The van der Waals surface area contributed by atoms with Gasteiger partial charge in [-0.2, -0.15) is 0 Å². The van der Waals surface area contributed by atoms with Crippen LogP contribution in [0.2, 0.25) is 5.02 Å². The van der Waals surface area contributed by atoms with Crippen molar-refractivity contribution >= 4 is 17.3 Å². The molecule has 0 saturated carbocycles. The Morgan fingerprint density at radius 2 is 1.67 bits per heavy atom. The van der Waals surface area contributed by atoms with Gasteiger partial charge in [0.15, 0.2) is 0 Å². The van der Waals surface area contributed by atoms with Crippen LogP contribution in [0.25, 0.3) is 0 Å². The Kier molecular flexibility index (Phi) is 5.13. The fourth-order valence-electron chi connectivity index (χ4n) is 2.16. The van der Waals surface area contributed by atoms with E-state index in [1.54, 1.807) is 0 Å². The quantitative estimate of drug-likeness (QED) is 0.773. The lowest BCUT2D eigenvalue weighted by molar-refractivity contribution is 0.323. The molecule has 3 heteroatoms. The van der Waals surface area contributed by atoms with Gasteiger partial charge in [-0.15, -0.1) is 0 Å². The molecule has 2 rings (SSSR count). The Hall–Kier alpha value is -1.67. The maximum Gasteiger partial charge on any atom is 0.123 e. The number of hydrogen-bond donors (Lipinski definition) is 1. The summed E-state index contributed by atoms with van der Waals surface area (Å²) in [6, 6.07) is 15.9. The average Bonchev–Trinajstić information content (AvgIpc) is 2.45. The van der Waals surface area contributed by atoms with Crippen molar-refractivity contribution in [1.29, 1.82) is 0 Å². The summed E-state index contributed by atoms with van der Waals surface area (Å²) < 4.78 is 5.92. The van der Waals surface area contributed by atoms with Gasteiger partial charge in [0.25, 0.3) is 0 Å². The van der Waals surface area contributed by atoms with Crippen molar-refractivity contribution in [3.8, 4) is 5.75 Å². The van der Waals surface area contributed by atoms with Crippen LogP contribution < -0.4 is 10.1 Å². The van der Waals surface area contributed by atoms with Crippen LogP contribution in [0.1, 0.15) is 26.3 Å². The zero-order chi connectivity index (χ0) is 15.3. The van der Waals surface area contributed by atoms with Gasteiger partial charge in [0.05, 0.1) is 10.7 Å². The molecular formula is C18H22ClNO. The van der Waals surface area contributed by atoms with Gasteiger partial charge in [0.2, 0.25) is 0 Å². The third-order valence-corrected chi connectivity index (χ3v) is 3.57. The number of halogens is 1. The van der Waals surface area contributed by atoms with Crippen LogP contribution in [0.15, 0.2) is 48.5 Å². The predicted octanol–water partition coefficient (Wildman–Crippen LogP) is 5.13. The zero-order valence-corrected chi connectivity index (χ0v) is 13.6. The highest BCUT2D eigenvalue weighted by molar-refractivity contribution is 6.33. The van der Waals surface area contributed by atoms with E-state index in [9.17, 15) is 0 Å². The molecule has 0 atom stereocenters. The summed E-state index contributed by atoms with van der Waals surface area (Å²) in [5.41, 5.74) is 2.24. The van der Waals surface area contributed by atoms with Gasteiger partial charge in [-0.3, -0.25) is 0 Å². The number of para-hydroxylation sites is 2. The molecule has 0 fully saturated rings. The fourth-order valence-corrected chi connectivity index (χ4v) is 2.37. The Morgan fingerprint density at radius 1 is 1.00 bits per heavy atom. The van der Waals surface area contributed by atoms with Crippen LogP contribution in [-0.4, -0.2) is 13.2 Å². The molecule has 0 spiro atoms. The van der Waals surface area contributed by atoms with Crippen molar-refractivity contribution in [3.05, 3.63) is 59.1 Å². The first-order valence-corrected chi connectivity index (χ1v) is 7.57. The van der Waals surface area contributed by atoms with Gasteiger partial charge in [0, 0.05) is 6.54 Å². The first kappa shape index (κ1) is 15.7. The molecule has 0 unspecified atom stereocenters. The minimum absolute atomic E-state index is 0.0762. The topological polar surface area (TPSA) is 21.3 Å². The van der Waals surface area contributed by atoms with E-state index in [1.165, 1.54) is 5.56 Å². The van der Waals surface area contributed by atoms with Crippen LogP contribution in [-0.2, 0) is 5.41 Å². The molecule has 0 radical (unpaired) electrons. The number of hydrogen-bond acceptors (Lipinski definition) is 2. The minimum atomic E-state index is 0.0762. The largest absolute Gasteiger partial charge is 0.491 e. The minimum Gasteiger partial charge on any atom is -0.491 e. The molecule has 2 nitrogen and oxygen atoms in total. The molecule has 0 amide bonds. The van der Waals surface area contributed by atoms with Crippen molar-refractivity contribution in [2.24, 2.45) is 0 Å². The highest BCUT2D eigenvalue weighted by atomic mass is 35.5. The van der Waals surface area contributed by atoms with Gasteiger partial charge in [0.1, 0.15) is 12.4 Å². The predicted molar refractivity (Wildman–Crippen MR) is 90.6 cm³/mol. The van der Waals surface area contributed by atoms with E-state index in [0.29, 0.717) is 13.2 Å². The van der Waals surface area contributed by atoms with Crippen LogP contribution in [0.4, 0.5) is 5.69 Å². The van der Waals surface area contributed by atoms with E-state index in [0.717, 1.165) is 16.5 Å². The molecule has 0 aliphatic heterocycles. The van der Waals surface area contributed by atoms with E-state index in [1.807, 2.05) is 36.4 Å². The van der Waals surface area contributed by atoms with Gasteiger partial charge in [-0.25, -0.2) is 0 Å². The molecule has 2 aromatic carbocycles. The molecule has 21 heavy (non-hydrogen) atoms. The van der Waals surface area contributed by atoms with Gasteiger partial charge in [-0.1, -0.05) is 62.7 Å². The standard InChI is InChI=1S/C18H22ClNO/c1-18(2,3)14-8-4-7-11-17(14)21-13-12-20-16-10-6-5-9-15(16)19/h4-11,20H,12-13H2,1-3H3. The molecule has 0 aliphatic rings. The third-order valence-electron chi connectivity index (χ3n) is 3.24. The van der Waals surface area contributed by atoms with Crippen molar-refractivity contribution in [2.45, 2.75) is 26.2 Å². The molecule has 112 valence electrons. The number of benzene rings is 2. The second-order valence-electron chi connectivity index (χ2n) is 6.00. The van der Waals surface area contributed by atoms with Crippen LogP contribution in [0, 0.1) is 0 Å². The number of rotatable bonds is 5. The second kappa shape index (κ2) is 6.86. The van der Waals surface area contributed by atoms with Gasteiger partial charge >= 0.3 is 0 Å². The summed E-state index contributed by atoms with van der Waals surface area (Å²) in [7, 11) is 0. The van der Waals surface area contributed by atoms with Crippen molar-refractivity contribution in [2.75, 3.05) is 18.5 Å². The van der Waals surface area contributed by atoms with Gasteiger partial charge in [-0.05, 0) is 29.2 Å². The lowest BCUT2D eigenvalue weighted by atomic mass is 9.86. The maximum atomic E-state index is 6.10. The third kappa shape index (κ3) is 4.40. The van der Waals surface area contributed by atoms with Crippen LogP contribution >= 0.6 is 11.6 Å². The van der Waals surface area contributed by atoms with Gasteiger partial charge < -0.3 is 10.1 Å². The smallest absolute Gasteiger partial charge is 0.123 e. The summed E-state index contributed by atoms with van der Waals surface area (Å²) in [6.45, 7) is 7.88. The SMILES string of the molecule is CC(C)(C)c1ccccc1OCCNc1ccccc1Cl. The molecule has 1 N–H and O–H groups in total. The zero-order valence-electron chi connectivity index (χ0n) is 12.8. The number of anilines is 1. The first-order valence-electron chi connectivity index (χ1n) is 7.19. The average molecular weight is 304 g/mol. The monoisotopic (exact) mass is 303 g/mol. The number of ether oxygens (including phenoxy) is 1. The highest BCUT2D eigenvalue weighted by Gasteiger charge is 2.18. The van der Waals surface area contributed by atoms with E-state index < -0.39 is 0 Å². The van der Waals surface area contributed by atoms with E-state index >= 15 is 0 Å². The summed E-state index contributed by atoms with van der Waals surface area (Å²) in [6.07, 6.45) is 0. The van der Waals surface area contributed by atoms with E-state index in [2.05, 4.69) is 38.2 Å². The molecule has 0 aromatic heterocycles. The Morgan fingerprint density at radius 3 is 2.38 bits per heavy atom. The maximum absolute atomic E-state index is 6.10. The molecule has 0 heterocycles. The van der Waals surface area contributed by atoms with Crippen molar-refractivity contribution < 1.29 is 4.74 Å². The molecular weight excluding hydrogens is 282 g/mol. The highest BCUT2D eigenvalue weighted by Crippen LogP contribution is 2.30. The molecule has 0 bridgehead atoms. The van der Waals surface area contributed by atoms with Crippen molar-refractivity contribution in [1.82, 2.24) is 0 Å². The van der Waals surface area contributed by atoms with Crippen LogP contribution in [0.5, 0.6) is 5.75 Å². The summed E-state index contributed by atoms with van der Waals surface area (Å²) >= 11 is 6.10. The van der Waals surface area contributed by atoms with Crippen LogP contribution in [0.3, 0.4) is 0 Å². The Balaban J connectivity index is 1.91. The molecule has 2 aromatic rings. The first-order chi connectivity index (χ1) is 9.98. The molecule has 0 saturated heterocycles. The fraction of sp³-hybridized carbons (Fsp3) is 0.333. The second-order valence-corrected chi connectivity index (χ2v) is 6.41. The summed E-state index contributed by atoms with van der Waals surface area (Å²) in [5, 5.41) is 4.01. The normalized spacial score (nSPS) is 11.2.